The van der Waals surface area contributed by atoms with Gasteiger partial charge in [0.2, 0.25) is 0 Å². The van der Waals surface area contributed by atoms with Gasteiger partial charge in [0.15, 0.2) is 16.9 Å². The zero-order valence-electron chi connectivity index (χ0n) is 56.2. The smallest absolute Gasteiger partial charge is 0.257 e. The van der Waals surface area contributed by atoms with Crippen molar-refractivity contribution in [1.82, 2.24) is 88.4 Å². The Hall–Kier alpha value is -10.4. The topological polar surface area (TPSA) is 328 Å². The summed E-state index contributed by atoms with van der Waals surface area (Å²) < 4.78 is 11.6. The number of pyridine rings is 3. The molecular formula is C72H81N21O6. The molecule has 0 aromatic carbocycles. The summed E-state index contributed by atoms with van der Waals surface area (Å²) in [5.74, 6) is 1.39. The van der Waals surface area contributed by atoms with E-state index in [0.29, 0.717) is 71.0 Å². The number of hydrogen-bond donors (Lipinski definition) is 9. The van der Waals surface area contributed by atoms with Gasteiger partial charge in [-0.25, -0.2) is 29.9 Å². The summed E-state index contributed by atoms with van der Waals surface area (Å²) in [5.41, 5.74) is 7.98. The summed E-state index contributed by atoms with van der Waals surface area (Å²) in [4.78, 5) is 68.0. The molecule has 0 radical (unpaired) electrons. The zero-order chi connectivity index (χ0) is 68.2. The van der Waals surface area contributed by atoms with Gasteiger partial charge in [0, 0.05) is 127 Å². The molecule has 510 valence electrons. The number of aromatic nitrogens is 15. The number of hydrogen-bond acceptors (Lipinski definition) is 18. The molecular weight excluding hydrogens is 1250 g/mol. The maximum Gasteiger partial charge on any atom is 0.257 e. The highest BCUT2D eigenvalue weighted by molar-refractivity contribution is 6.03. The number of anilines is 3. The number of nitrogens with zero attached hydrogens (tertiary/aromatic N) is 15. The summed E-state index contributed by atoms with van der Waals surface area (Å²) in [6, 6.07) is 18.4. The predicted octanol–water partition coefficient (Wildman–Crippen LogP) is 9.47. The van der Waals surface area contributed by atoms with Crippen LogP contribution in [0.3, 0.4) is 0 Å². The minimum absolute atomic E-state index is 0.272. The van der Waals surface area contributed by atoms with Crippen molar-refractivity contribution < 1.29 is 29.7 Å². The average molecular weight is 1340 g/mol. The summed E-state index contributed by atoms with van der Waals surface area (Å²) in [6.45, 7) is 5.33. The fourth-order valence-corrected chi connectivity index (χ4v) is 14.9. The van der Waals surface area contributed by atoms with Gasteiger partial charge in [-0.05, 0) is 153 Å². The fraction of sp³-hybridized carbons (Fsp3) is 0.417. The number of nitrogens with one attached hydrogen (secondary N) is 6. The van der Waals surface area contributed by atoms with Crippen LogP contribution in [0.4, 0.5) is 17.5 Å². The molecule has 6 aliphatic carbocycles. The molecule has 6 atom stereocenters. The van der Waals surface area contributed by atoms with Crippen LogP contribution < -0.4 is 31.9 Å². The van der Waals surface area contributed by atoms with Gasteiger partial charge in [-0.2, -0.15) is 28.8 Å². The minimum Gasteiger partial charge on any atom is -0.388 e. The molecule has 12 aromatic heterocycles. The van der Waals surface area contributed by atoms with E-state index in [1.54, 1.807) is 52.9 Å². The maximum absolute atomic E-state index is 13.2. The predicted molar refractivity (Wildman–Crippen MR) is 376 cm³/mol. The quantitative estimate of drug-likeness (QED) is 0.0461. The highest BCUT2D eigenvalue weighted by atomic mass is 16.3. The Balaban J connectivity index is 0.000000116. The van der Waals surface area contributed by atoms with Gasteiger partial charge >= 0.3 is 0 Å². The van der Waals surface area contributed by atoms with E-state index in [0.717, 1.165) is 161 Å². The second kappa shape index (κ2) is 24.6. The van der Waals surface area contributed by atoms with Crippen LogP contribution >= 0.6 is 0 Å². The van der Waals surface area contributed by atoms with E-state index in [-0.39, 0.29) is 35.8 Å². The monoisotopic (exact) mass is 1340 g/mol. The van der Waals surface area contributed by atoms with Crippen LogP contribution in [0, 0.1) is 0 Å². The standard InChI is InChI=1S/3C24H27N7O2/c3*1-24(33)9-3-6-19(24)29-23(32)16-12-27-31-20(25-2)11-18(28-22(16)31)17-13-30(14-7-8-14)21-15(17)5-4-10-26-21/h3*4-5,10-14,19,25,33H,3,6-9H2,1-2H3,(H,29,32)/t3*19-,24-/m100/s1. The SMILES string of the molecule is CNc1cc(-c2cn(C3CC3)c3ncccc23)nc2c(C(=O)N[C@@H]3CCC[C@@]3(C)O)cnn12.CNc1cc(-c2cn(C3CC3)c3ncccc23)nc2c(C(=O)N[C@H]3CCC[C@]3(C)O)cnn12.CNc1cc(-c2cn(C3CC3)c3ncccc23)nc2c(C(=O)N[C@H]3CCC[C@]3(C)O)cnn12. The summed E-state index contributed by atoms with van der Waals surface area (Å²) in [6.07, 6.45) is 30.4. The lowest BCUT2D eigenvalue weighted by Gasteiger charge is -2.26. The third-order valence-electron chi connectivity index (χ3n) is 21.0. The molecule has 9 N–H and O–H groups in total. The summed E-state index contributed by atoms with van der Waals surface area (Å²) >= 11 is 0. The fourth-order valence-electron chi connectivity index (χ4n) is 14.9. The molecule has 0 bridgehead atoms. The molecule has 12 heterocycles. The molecule has 0 unspecified atom stereocenters. The molecule has 27 heteroatoms. The lowest BCUT2D eigenvalue weighted by atomic mass is 10.0. The van der Waals surface area contributed by atoms with Gasteiger partial charge < -0.3 is 60.9 Å². The molecule has 18 rings (SSSR count). The first-order valence-corrected chi connectivity index (χ1v) is 34.6. The highest BCUT2D eigenvalue weighted by Gasteiger charge is 2.41. The van der Waals surface area contributed by atoms with Crippen LogP contribution in [-0.2, 0) is 0 Å². The second-order valence-corrected chi connectivity index (χ2v) is 28.2. The molecule has 12 aromatic rings. The summed E-state index contributed by atoms with van der Waals surface area (Å²) in [5, 5.41) is 66.6. The first-order chi connectivity index (χ1) is 47.9. The van der Waals surface area contributed by atoms with E-state index in [1.807, 2.05) is 76.1 Å². The van der Waals surface area contributed by atoms with Crippen LogP contribution in [0.2, 0.25) is 0 Å². The molecule has 6 aliphatic rings. The number of amides is 3. The van der Waals surface area contributed by atoms with Crippen molar-refractivity contribution >= 4 is 85.2 Å². The van der Waals surface area contributed by atoms with Crippen LogP contribution in [-0.4, -0.2) is 162 Å². The third-order valence-corrected chi connectivity index (χ3v) is 21.0. The van der Waals surface area contributed by atoms with Crippen molar-refractivity contribution in [3.63, 3.8) is 0 Å². The molecule has 6 fully saturated rings. The Labute approximate surface area is 568 Å². The van der Waals surface area contributed by atoms with Crippen LogP contribution in [0.25, 0.3) is 83.8 Å². The Morgan fingerprint density at radius 2 is 0.707 bits per heavy atom. The van der Waals surface area contributed by atoms with E-state index in [9.17, 15) is 29.7 Å². The number of carbonyl (C=O) groups is 3. The van der Waals surface area contributed by atoms with Crippen molar-refractivity contribution in [1.29, 1.82) is 0 Å². The Bertz CT molecular complexity index is 4650. The third kappa shape index (κ3) is 11.6. The largest absolute Gasteiger partial charge is 0.388 e. The Morgan fingerprint density at radius 3 is 0.949 bits per heavy atom. The van der Waals surface area contributed by atoms with Crippen LogP contribution in [0.5, 0.6) is 0 Å². The molecule has 0 aliphatic heterocycles. The second-order valence-electron chi connectivity index (χ2n) is 28.2. The van der Waals surface area contributed by atoms with E-state index in [2.05, 4.69) is 113 Å². The van der Waals surface area contributed by atoms with Crippen molar-refractivity contribution in [2.45, 2.75) is 170 Å². The van der Waals surface area contributed by atoms with E-state index >= 15 is 0 Å². The van der Waals surface area contributed by atoms with Crippen LogP contribution in [0.1, 0.15) is 166 Å². The Morgan fingerprint density at radius 1 is 0.424 bits per heavy atom. The van der Waals surface area contributed by atoms with Gasteiger partial charge in [-0.3, -0.25) is 14.4 Å². The molecule has 99 heavy (non-hydrogen) atoms. The van der Waals surface area contributed by atoms with E-state index in [1.165, 1.54) is 0 Å². The molecule has 27 nitrogen and oxygen atoms in total. The van der Waals surface area contributed by atoms with Gasteiger partial charge in [0.1, 0.15) is 51.1 Å². The van der Waals surface area contributed by atoms with Gasteiger partial charge in [-0.1, -0.05) is 0 Å². The zero-order valence-corrected chi connectivity index (χ0v) is 56.2. The lowest BCUT2D eigenvalue weighted by Crippen LogP contribution is -2.47. The molecule has 0 saturated heterocycles. The van der Waals surface area contributed by atoms with Crippen molar-refractivity contribution in [2.24, 2.45) is 0 Å². The van der Waals surface area contributed by atoms with Crippen molar-refractivity contribution in [3.05, 3.63) is 127 Å². The van der Waals surface area contributed by atoms with Gasteiger partial charge in [0.05, 0.1) is 70.6 Å². The first kappa shape index (κ1) is 63.4. The van der Waals surface area contributed by atoms with Gasteiger partial charge in [0.25, 0.3) is 17.7 Å². The summed E-state index contributed by atoms with van der Waals surface area (Å²) in [7, 11) is 5.47. The van der Waals surface area contributed by atoms with Gasteiger partial charge in [-0.15, -0.1) is 0 Å². The van der Waals surface area contributed by atoms with E-state index < -0.39 is 16.8 Å². The van der Waals surface area contributed by atoms with E-state index in [4.69, 9.17) is 15.0 Å². The van der Waals surface area contributed by atoms with Crippen molar-refractivity contribution in [2.75, 3.05) is 37.1 Å². The number of fused-ring (bicyclic) bond motifs is 6. The molecule has 6 saturated carbocycles. The highest BCUT2D eigenvalue weighted by Crippen LogP contribution is 2.45. The average Bonchev–Trinajstić information content (AvgIpc) is 1.60. The minimum atomic E-state index is -0.898. The first-order valence-electron chi connectivity index (χ1n) is 34.6. The molecule has 3 amide bonds. The lowest BCUT2D eigenvalue weighted by molar-refractivity contribution is 0.0367. The normalized spacial score (nSPS) is 22.8. The van der Waals surface area contributed by atoms with Crippen molar-refractivity contribution in [3.8, 4) is 33.8 Å². The Kier molecular flexibility index (Phi) is 15.7. The van der Waals surface area contributed by atoms with Crippen LogP contribution in [0.15, 0.2) is 110 Å². The maximum atomic E-state index is 13.2. The number of carbonyl (C=O) groups excluding carboxylic acids is 3. The molecule has 0 spiro atoms. The number of aliphatic hydroxyl groups is 3. The number of rotatable bonds is 15.